The zero-order chi connectivity index (χ0) is 20.9. The summed E-state index contributed by atoms with van der Waals surface area (Å²) < 4.78 is 5.21. The average Bonchev–Trinajstić information content (AvgIpc) is 3.07. The quantitative estimate of drug-likeness (QED) is 0.716. The molecule has 1 heterocycles. The summed E-state index contributed by atoms with van der Waals surface area (Å²) in [5.41, 5.74) is 1.06. The second-order valence-corrected chi connectivity index (χ2v) is 10.3. The minimum absolute atomic E-state index is 0.107. The summed E-state index contributed by atoms with van der Waals surface area (Å²) in [5, 5.41) is 6.47. The van der Waals surface area contributed by atoms with Gasteiger partial charge in [0.05, 0.1) is 18.2 Å². The highest BCUT2D eigenvalue weighted by molar-refractivity contribution is 7.17. The summed E-state index contributed by atoms with van der Waals surface area (Å²) in [7, 11) is 1.59. The summed E-state index contributed by atoms with van der Waals surface area (Å²) in [6, 6.07) is 7.23. The van der Waals surface area contributed by atoms with E-state index < -0.39 is 0 Å². The van der Waals surface area contributed by atoms with Crippen LogP contribution in [0, 0.1) is 30.1 Å². The third-order valence-corrected chi connectivity index (χ3v) is 8.14. The van der Waals surface area contributed by atoms with Gasteiger partial charge in [-0.25, -0.2) is 4.98 Å². The van der Waals surface area contributed by atoms with Crippen LogP contribution in [0.15, 0.2) is 24.3 Å². The highest BCUT2D eigenvalue weighted by Gasteiger charge is 2.54. The van der Waals surface area contributed by atoms with Crippen molar-refractivity contribution in [3.63, 3.8) is 0 Å². The third-order valence-electron chi connectivity index (χ3n) is 7.07. The number of aryl methyl sites for hydroxylation is 1. The molecule has 4 aliphatic carbocycles. The lowest BCUT2D eigenvalue weighted by atomic mass is 9.49. The number of methoxy groups -OCH3 is 1. The molecule has 4 aliphatic rings. The van der Waals surface area contributed by atoms with Crippen molar-refractivity contribution >= 4 is 34.0 Å². The number of anilines is 2. The first-order chi connectivity index (χ1) is 14.4. The van der Waals surface area contributed by atoms with Gasteiger partial charge in [-0.3, -0.25) is 9.59 Å². The Labute approximate surface area is 180 Å². The zero-order valence-electron chi connectivity index (χ0n) is 17.4. The molecule has 1 aromatic heterocycles. The summed E-state index contributed by atoms with van der Waals surface area (Å²) >= 11 is 1.24. The number of nitrogens with zero attached hydrogens (tertiary/aromatic N) is 1. The van der Waals surface area contributed by atoms with E-state index in [4.69, 9.17) is 4.74 Å². The Morgan fingerprint density at radius 1 is 1.10 bits per heavy atom. The number of ether oxygens (including phenoxy) is 1. The Morgan fingerprint density at radius 2 is 1.77 bits per heavy atom. The summed E-state index contributed by atoms with van der Waals surface area (Å²) in [4.78, 5) is 31.0. The number of thiazole rings is 1. The molecule has 1 aromatic carbocycles. The number of benzene rings is 1. The fraction of sp³-hybridized carbons (Fsp3) is 0.522. The second kappa shape index (κ2) is 7.38. The molecule has 0 spiro atoms. The molecule has 2 aromatic rings. The predicted octanol–water partition coefficient (Wildman–Crippen LogP) is 4.87. The molecule has 4 bridgehead atoms. The minimum atomic E-state index is -0.228. The van der Waals surface area contributed by atoms with Crippen molar-refractivity contribution < 1.29 is 14.3 Å². The van der Waals surface area contributed by atoms with E-state index in [-0.39, 0.29) is 17.2 Å². The molecule has 0 saturated heterocycles. The van der Waals surface area contributed by atoms with Crippen LogP contribution in [0.5, 0.6) is 5.75 Å². The van der Waals surface area contributed by atoms with E-state index in [1.807, 2.05) is 18.2 Å². The molecule has 2 amide bonds. The SMILES string of the molecule is COc1cccc(NC(=O)c2sc(NC(=O)C34CC5CC(CC(C5)C3)C4)nc2C)c1. The molecule has 2 N–H and O–H groups in total. The van der Waals surface area contributed by atoms with Crippen LogP contribution in [0.25, 0.3) is 0 Å². The average molecular weight is 426 g/mol. The Bertz CT molecular complexity index is 964. The molecular weight excluding hydrogens is 398 g/mol. The van der Waals surface area contributed by atoms with Crippen molar-refractivity contribution in [3.05, 3.63) is 34.8 Å². The Kier molecular flexibility index (Phi) is 4.81. The maximum atomic E-state index is 13.3. The van der Waals surface area contributed by atoms with Gasteiger partial charge in [-0.05, 0) is 75.3 Å². The van der Waals surface area contributed by atoms with Crippen LogP contribution < -0.4 is 15.4 Å². The van der Waals surface area contributed by atoms with E-state index in [0.717, 1.165) is 19.3 Å². The summed E-state index contributed by atoms with van der Waals surface area (Å²) in [5.74, 6) is 2.69. The van der Waals surface area contributed by atoms with Gasteiger partial charge in [0.25, 0.3) is 5.91 Å². The standard InChI is InChI=1S/C23H27N3O3S/c1-13-19(20(27)25-17-4-3-5-18(9-17)29-2)30-22(24-13)26-21(28)23-10-14-6-15(11-23)8-16(7-14)12-23/h3-5,9,14-16H,6-8,10-12H2,1-2H3,(H,25,27)(H,24,26,28). The zero-order valence-corrected chi connectivity index (χ0v) is 18.2. The summed E-state index contributed by atoms with van der Waals surface area (Å²) in [6.45, 7) is 1.80. The maximum absolute atomic E-state index is 13.3. The van der Waals surface area contributed by atoms with Crippen molar-refractivity contribution in [2.45, 2.75) is 45.4 Å². The van der Waals surface area contributed by atoms with E-state index in [1.54, 1.807) is 20.1 Å². The van der Waals surface area contributed by atoms with Crippen LogP contribution in [-0.2, 0) is 4.79 Å². The van der Waals surface area contributed by atoms with Crippen LogP contribution in [0.4, 0.5) is 10.8 Å². The molecule has 6 nitrogen and oxygen atoms in total. The van der Waals surface area contributed by atoms with Crippen molar-refractivity contribution in [2.75, 3.05) is 17.7 Å². The van der Waals surface area contributed by atoms with Gasteiger partial charge in [0.15, 0.2) is 5.13 Å². The van der Waals surface area contributed by atoms with Crippen molar-refractivity contribution in [3.8, 4) is 5.75 Å². The third kappa shape index (κ3) is 3.49. The number of carbonyl (C=O) groups is 2. The molecular formula is C23H27N3O3S. The molecule has 30 heavy (non-hydrogen) atoms. The molecule has 7 heteroatoms. The fourth-order valence-corrected chi connectivity index (χ4v) is 7.02. The van der Waals surface area contributed by atoms with Crippen LogP contribution in [0.2, 0.25) is 0 Å². The summed E-state index contributed by atoms with van der Waals surface area (Å²) in [6.07, 6.45) is 6.95. The van der Waals surface area contributed by atoms with Gasteiger partial charge in [-0.1, -0.05) is 17.4 Å². The molecule has 4 fully saturated rings. The van der Waals surface area contributed by atoms with Crippen molar-refractivity contribution in [1.82, 2.24) is 4.98 Å². The van der Waals surface area contributed by atoms with E-state index in [9.17, 15) is 9.59 Å². The second-order valence-electron chi connectivity index (χ2n) is 9.27. The van der Waals surface area contributed by atoms with Crippen molar-refractivity contribution in [1.29, 1.82) is 0 Å². The highest BCUT2D eigenvalue weighted by atomic mass is 32.1. The van der Waals surface area contributed by atoms with Gasteiger partial charge < -0.3 is 15.4 Å². The molecule has 158 valence electrons. The monoisotopic (exact) mass is 425 g/mol. The number of nitrogens with one attached hydrogen (secondary N) is 2. The number of hydrogen-bond acceptors (Lipinski definition) is 5. The molecule has 0 radical (unpaired) electrons. The number of hydrogen-bond donors (Lipinski definition) is 2. The Hall–Kier alpha value is -2.41. The van der Waals surface area contributed by atoms with Crippen LogP contribution in [-0.4, -0.2) is 23.9 Å². The van der Waals surface area contributed by atoms with Crippen LogP contribution >= 0.6 is 11.3 Å². The van der Waals surface area contributed by atoms with Crippen LogP contribution in [0.3, 0.4) is 0 Å². The Morgan fingerprint density at radius 3 is 2.40 bits per heavy atom. The lowest BCUT2D eigenvalue weighted by Gasteiger charge is -2.55. The van der Waals surface area contributed by atoms with Crippen molar-refractivity contribution in [2.24, 2.45) is 23.2 Å². The fourth-order valence-electron chi connectivity index (χ4n) is 6.17. The largest absolute Gasteiger partial charge is 0.497 e. The molecule has 0 unspecified atom stereocenters. The number of aromatic nitrogens is 1. The predicted molar refractivity (Wildman–Crippen MR) is 117 cm³/mol. The van der Waals surface area contributed by atoms with Gasteiger partial charge in [0, 0.05) is 11.8 Å². The van der Waals surface area contributed by atoms with E-state index >= 15 is 0 Å². The minimum Gasteiger partial charge on any atom is -0.497 e. The smallest absolute Gasteiger partial charge is 0.267 e. The number of carbonyl (C=O) groups excluding carboxylic acids is 2. The molecule has 0 aliphatic heterocycles. The number of amides is 2. The van der Waals surface area contributed by atoms with Gasteiger partial charge in [0.1, 0.15) is 10.6 Å². The highest BCUT2D eigenvalue weighted by Crippen LogP contribution is 2.60. The van der Waals surface area contributed by atoms with Gasteiger partial charge in [-0.2, -0.15) is 0 Å². The normalized spacial score (nSPS) is 28.9. The van der Waals surface area contributed by atoms with E-state index in [2.05, 4.69) is 15.6 Å². The van der Waals surface area contributed by atoms with Gasteiger partial charge in [-0.15, -0.1) is 0 Å². The van der Waals surface area contributed by atoms with E-state index in [0.29, 0.717) is 44.9 Å². The first-order valence-corrected chi connectivity index (χ1v) is 11.5. The molecule has 4 saturated carbocycles. The maximum Gasteiger partial charge on any atom is 0.267 e. The Balaban J connectivity index is 1.29. The van der Waals surface area contributed by atoms with Gasteiger partial charge in [0.2, 0.25) is 5.91 Å². The van der Waals surface area contributed by atoms with Gasteiger partial charge >= 0.3 is 0 Å². The lowest BCUT2D eigenvalue weighted by molar-refractivity contribution is -0.140. The number of rotatable bonds is 5. The van der Waals surface area contributed by atoms with Crippen LogP contribution in [0.1, 0.15) is 53.9 Å². The van der Waals surface area contributed by atoms with E-state index in [1.165, 1.54) is 30.6 Å². The molecule has 0 atom stereocenters. The molecule has 6 rings (SSSR count). The lowest BCUT2D eigenvalue weighted by Crippen LogP contribution is -2.51. The topological polar surface area (TPSA) is 80.3 Å². The first kappa shape index (κ1) is 19.5. The first-order valence-electron chi connectivity index (χ1n) is 10.7.